The highest BCUT2D eigenvalue weighted by Gasteiger charge is 2.20. The molecule has 1 aliphatic heterocycles. The van der Waals surface area contributed by atoms with Crippen LogP contribution in [0.3, 0.4) is 0 Å². The van der Waals surface area contributed by atoms with E-state index in [1.54, 1.807) is 36.4 Å². The zero-order valence-corrected chi connectivity index (χ0v) is 13.2. The number of rotatable bonds is 3. The Morgan fingerprint density at radius 2 is 1.78 bits per heavy atom. The molecule has 0 spiro atoms. The van der Waals surface area contributed by atoms with Gasteiger partial charge in [0.15, 0.2) is 0 Å². The highest BCUT2D eigenvalue weighted by atomic mass is 35.5. The van der Waals surface area contributed by atoms with E-state index in [0.29, 0.717) is 21.7 Å². The van der Waals surface area contributed by atoms with E-state index in [9.17, 15) is 14.7 Å². The van der Waals surface area contributed by atoms with Gasteiger partial charge in [-0.15, -0.1) is 0 Å². The molecular weight excluding hydrogens is 314 g/mol. The molecule has 1 aliphatic rings. The summed E-state index contributed by atoms with van der Waals surface area (Å²) in [5.74, 6) is -1.03. The molecule has 0 bridgehead atoms. The van der Waals surface area contributed by atoms with Crippen molar-refractivity contribution >= 4 is 23.5 Å². The highest BCUT2D eigenvalue weighted by molar-refractivity contribution is 6.31. The second kappa shape index (κ2) is 6.42. The van der Waals surface area contributed by atoms with Gasteiger partial charge < -0.3 is 10.0 Å². The monoisotopic (exact) mass is 329 g/mol. The fourth-order valence-corrected chi connectivity index (χ4v) is 3.04. The fourth-order valence-electron chi connectivity index (χ4n) is 2.86. The van der Waals surface area contributed by atoms with Crippen molar-refractivity contribution in [2.45, 2.75) is 12.8 Å². The predicted molar refractivity (Wildman–Crippen MR) is 89.0 cm³/mol. The third-order valence-electron chi connectivity index (χ3n) is 4.03. The van der Waals surface area contributed by atoms with Gasteiger partial charge in [-0.05, 0) is 54.3 Å². The summed E-state index contributed by atoms with van der Waals surface area (Å²) < 4.78 is 0. The van der Waals surface area contributed by atoms with Crippen LogP contribution in [0, 0.1) is 0 Å². The number of halogens is 1. The van der Waals surface area contributed by atoms with Crippen molar-refractivity contribution in [1.82, 2.24) is 4.90 Å². The molecule has 0 unspecified atom stereocenters. The number of carbonyl (C=O) groups excluding carboxylic acids is 1. The first kappa shape index (κ1) is 15.6. The molecule has 0 atom stereocenters. The molecule has 2 aromatic carbocycles. The third-order valence-corrected chi connectivity index (χ3v) is 4.26. The van der Waals surface area contributed by atoms with E-state index in [2.05, 4.69) is 0 Å². The number of aromatic carboxylic acids is 1. The molecule has 118 valence electrons. The lowest BCUT2D eigenvalue weighted by molar-refractivity contribution is 0.0697. The maximum absolute atomic E-state index is 12.5. The number of hydrogen-bond donors (Lipinski definition) is 1. The van der Waals surface area contributed by atoms with Crippen molar-refractivity contribution in [3.8, 4) is 11.1 Å². The Labute approximate surface area is 139 Å². The van der Waals surface area contributed by atoms with E-state index in [-0.39, 0.29) is 11.5 Å². The molecule has 0 aromatic heterocycles. The van der Waals surface area contributed by atoms with Crippen LogP contribution in [0.1, 0.15) is 33.6 Å². The standard InChI is InChI=1S/C18H16ClNO3/c19-14-6-7-15(18(22)23)16(11-14)12-4-3-5-13(10-12)17(21)20-8-1-2-9-20/h3-7,10-11H,1-2,8-9H2,(H,22,23). The largest absolute Gasteiger partial charge is 0.478 e. The van der Waals surface area contributed by atoms with Crippen LogP contribution in [0.25, 0.3) is 11.1 Å². The average molecular weight is 330 g/mol. The summed E-state index contributed by atoms with van der Waals surface area (Å²) in [7, 11) is 0. The van der Waals surface area contributed by atoms with E-state index in [1.165, 1.54) is 6.07 Å². The Kier molecular flexibility index (Phi) is 4.35. The topological polar surface area (TPSA) is 57.6 Å². The van der Waals surface area contributed by atoms with E-state index in [1.807, 2.05) is 4.90 Å². The maximum atomic E-state index is 12.5. The van der Waals surface area contributed by atoms with Crippen LogP contribution in [-0.4, -0.2) is 35.0 Å². The van der Waals surface area contributed by atoms with Gasteiger partial charge in [0.05, 0.1) is 5.56 Å². The molecule has 4 nitrogen and oxygen atoms in total. The number of benzene rings is 2. The van der Waals surface area contributed by atoms with Gasteiger partial charge in [-0.1, -0.05) is 23.7 Å². The molecule has 1 fully saturated rings. The third kappa shape index (κ3) is 3.22. The Hall–Kier alpha value is -2.33. The average Bonchev–Trinajstić information content (AvgIpc) is 3.08. The summed E-state index contributed by atoms with van der Waals surface area (Å²) in [6, 6.07) is 11.7. The molecule has 1 heterocycles. The first-order valence-electron chi connectivity index (χ1n) is 7.49. The summed E-state index contributed by atoms with van der Waals surface area (Å²) in [4.78, 5) is 25.7. The maximum Gasteiger partial charge on any atom is 0.336 e. The lowest BCUT2D eigenvalue weighted by Gasteiger charge is -2.16. The summed E-state index contributed by atoms with van der Waals surface area (Å²) in [6.07, 6.45) is 2.06. The molecule has 5 heteroatoms. The number of hydrogen-bond acceptors (Lipinski definition) is 2. The molecule has 0 saturated carbocycles. The Bertz CT molecular complexity index is 767. The SMILES string of the molecule is O=C(O)c1ccc(Cl)cc1-c1cccc(C(=O)N2CCCC2)c1. The summed E-state index contributed by atoms with van der Waals surface area (Å²) in [5, 5.41) is 9.81. The quantitative estimate of drug-likeness (QED) is 0.927. The zero-order valence-electron chi connectivity index (χ0n) is 12.5. The molecule has 3 rings (SSSR count). The summed E-state index contributed by atoms with van der Waals surface area (Å²) in [5.41, 5.74) is 1.93. The minimum atomic E-state index is -1.02. The van der Waals surface area contributed by atoms with Gasteiger partial charge in [-0.25, -0.2) is 4.79 Å². The van der Waals surface area contributed by atoms with Crippen LogP contribution in [0.4, 0.5) is 0 Å². The van der Waals surface area contributed by atoms with Crippen molar-refractivity contribution in [2.24, 2.45) is 0 Å². The second-order valence-electron chi connectivity index (χ2n) is 5.58. The minimum Gasteiger partial charge on any atom is -0.478 e. The van der Waals surface area contributed by atoms with Crippen molar-refractivity contribution in [1.29, 1.82) is 0 Å². The predicted octanol–water partition coefficient (Wildman–Crippen LogP) is 3.94. The first-order chi connectivity index (χ1) is 11.1. The number of nitrogens with zero attached hydrogens (tertiary/aromatic N) is 1. The molecular formula is C18H16ClNO3. The van der Waals surface area contributed by atoms with E-state index in [4.69, 9.17) is 11.6 Å². The molecule has 1 saturated heterocycles. The molecule has 0 radical (unpaired) electrons. The van der Waals surface area contributed by atoms with Gasteiger partial charge >= 0.3 is 5.97 Å². The number of amides is 1. The van der Waals surface area contributed by atoms with Crippen molar-refractivity contribution in [2.75, 3.05) is 13.1 Å². The van der Waals surface area contributed by atoms with E-state index < -0.39 is 5.97 Å². The molecule has 1 N–H and O–H groups in total. The van der Waals surface area contributed by atoms with Crippen LogP contribution in [0.5, 0.6) is 0 Å². The van der Waals surface area contributed by atoms with Crippen LogP contribution < -0.4 is 0 Å². The van der Waals surface area contributed by atoms with Gasteiger partial charge in [-0.2, -0.15) is 0 Å². The number of carbonyl (C=O) groups is 2. The van der Waals surface area contributed by atoms with Crippen molar-refractivity contribution < 1.29 is 14.7 Å². The van der Waals surface area contributed by atoms with E-state index in [0.717, 1.165) is 25.9 Å². The Balaban J connectivity index is 2.01. The zero-order chi connectivity index (χ0) is 16.4. The van der Waals surface area contributed by atoms with Crippen LogP contribution >= 0.6 is 11.6 Å². The lowest BCUT2D eigenvalue weighted by atomic mass is 9.98. The molecule has 0 aliphatic carbocycles. The highest BCUT2D eigenvalue weighted by Crippen LogP contribution is 2.28. The summed E-state index contributed by atoms with van der Waals surface area (Å²) >= 11 is 6.01. The van der Waals surface area contributed by atoms with Crippen molar-refractivity contribution in [3.63, 3.8) is 0 Å². The van der Waals surface area contributed by atoms with Gasteiger partial charge in [0.1, 0.15) is 0 Å². The fraction of sp³-hybridized carbons (Fsp3) is 0.222. The van der Waals surface area contributed by atoms with Crippen LogP contribution in [-0.2, 0) is 0 Å². The van der Waals surface area contributed by atoms with Crippen LogP contribution in [0.2, 0.25) is 5.02 Å². The number of carboxylic acid groups (broad SMARTS) is 1. The normalized spacial score (nSPS) is 14.0. The first-order valence-corrected chi connectivity index (χ1v) is 7.86. The van der Waals surface area contributed by atoms with Gasteiger partial charge in [-0.3, -0.25) is 4.79 Å². The Morgan fingerprint density at radius 3 is 2.48 bits per heavy atom. The molecule has 1 amide bonds. The Morgan fingerprint density at radius 1 is 1.04 bits per heavy atom. The molecule has 23 heavy (non-hydrogen) atoms. The van der Waals surface area contributed by atoms with Crippen molar-refractivity contribution in [3.05, 3.63) is 58.6 Å². The van der Waals surface area contributed by atoms with Gasteiger partial charge in [0.25, 0.3) is 5.91 Å². The number of carboxylic acids is 1. The summed E-state index contributed by atoms with van der Waals surface area (Å²) in [6.45, 7) is 1.56. The molecule has 2 aromatic rings. The number of likely N-dealkylation sites (tertiary alicyclic amines) is 1. The van der Waals surface area contributed by atoms with Gasteiger partial charge in [0, 0.05) is 23.7 Å². The lowest BCUT2D eigenvalue weighted by Crippen LogP contribution is -2.27. The minimum absolute atomic E-state index is 0.0109. The van der Waals surface area contributed by atoms with E-state index >= 15 is 0 Å². The smallest absolute Gasteiger partial charge is 0.336 e. The van der Waals surface area contributed by atoms with Crippen LogP contribution in [0.15, 0.2) is 42.5 Å². The second-order valence-corrected chi connectivity index (χ2v) is 6.01. The van der Waals surface area contributed by atoms with Gasteiger partial charge in [0.2, 0.25) is 0 Å².